The molecule has 25 heavy (non-hydrogen) atoms. The molecule has 3 nitrogen and oxygen atoms in total. The van der Waals surface area contributed by atoms with Crippen molar-refractivity contribution < 1.29 is 22.4 Å². The normalized spacial score (nSPS) is 14.6. The molecule has 0 atom stereocenters. The lowest BCUT2D eigenvalue weighted by Gasteiger charge is -2.21. The van der Waals surface area contributed by atoms with Crippen molar-refractivity contribution in [2.75, 3.05) is 5.75 Å². The van der Waals surface area contributed by atoms with Gasteiger partial charge in [0.15, 0.2) is 0 Å². The number of amides is 1. The third-order valence-electron chi connectivity index (χ3n) is 4.12. The molecule has 1 aromatic carbocycles. The second-order valence-electron chi connectivity index (χ2n) is 6.04. The van der Waals surface area contributed by atoms with Gasteiger partial charge < -0.3 is 9.32 Å². The van der Waals surface area contributed by atoms with Crippen LogP contribution in [0.25, 0.3) is 11.3 Å². The lowest BCUT2D eigenvalue weighted by atomic mass is 10.1. The van der Waals surface area contributed by atoms with Gasteiger partial charge in [0.2, 0.25) is 5.91 Å². The van der Waals surface area contributed by atoms with Crippen molar-refractivity contribution in [3.8, 4) is 11.3 Å². The molecule has 0 spiro atoms. The Morgan fingerprint density at radius 3 is 2.56 bits per heavy atom. The standard InChI is InChI=1S/C18H18F3NO2S/c19-18(20,21)15-4-2-1-3-14(15)16-8-7-13(24-16)11-22(12-5-6-12)17(23)9-10-25/h1-4,7-8,12,25H,5-6,9-11H2. The molecule has 1 aliphatic rings. The van der Waals surface area contributed by atoms with Gasteiger partial charge in [-0.3, -0.25) is 4.79 Å². The number of hydrogen-bond donors (Lipinski definition) is 1. The van der Waals surface area contributed by atoms with Gasteiger partial charge in [0.05, 0.1) is 12.1 Å². The van der Waals surface area contributed by atoms with E-state index in [2.05, 4.69) is 12.6 Å². The summed E-state index contributed by atoms with van der Waals surface area (Å²) in [6.45, 7) is 0.269. The van der Waals surface area contributed by atoms with Gasteiger partial charge in [-0.05, 0) is 36.8 Å². The minimum absolute atomic E-state index is 0.000840. The molecule has 1 saturated carbocycles. The average molecular weight is 369 g/mol. The molecule has 1 aliphatic carbocycles. The Morgan fingerprint density at radius 2 is 1.92 bits per heavy atom. The Hall–Kier alpha value is -1.89. The van der Waals surface area contributed by atoms with E-state index in [1.807, 2.05) is 0 Å². The highest BCUT2D eigenvalue weighted by atomic mass is 32.1. The van der Waals surface area contributed by atoms with E-state index in [-0.39, 0.29) is 29.8 Å². The second-order valence-corrected chi connectivity index (χ2v) is 6.48. The van der Waals surface area contributed by atoms with Crippen LogP contribution in [0.1, 0.15) is 30.6 Å². The summed E-state index contributed by atoms with van der Waals surface area (Å²) in [7, 11) is 0. The van der Waals surface area contributed by atoms with Crippen LogP contribution in [0.5, 0.6) is 0 Å². The summed E-state index contributed by atoms with van der Waals surface area (Å²) in [5.41, 5.74) is -0.734. The zero-order chi connectivity index (χ0) is 18.0. The third kappa shape index (κ3) is 4.21. The number of benzene rings is 1. The van der Waals surface area contributed by atoms with Crippen molar-refractivity contribution >= 4 is 18.5 Å². The van der Waals surface area contributed by atoms with Crippen molar-refractivity contribution in [1.82, 2.24) is 4.90 Å². The lowest BCUT2D eigenvalue weighted by Crippen LogP contribution is -2.32. The maximum Gasteiger partial charge on any atom is 0.417 e. The average Bonchev–Trinajstić information content (AvgIpc) is 3.30. The van der Waals surface area contributed by atoms with E-state index in [1.165, 1.54) is 18.2 Å². The molecular weight excluding hydrogens is 351 g/mol. The highest BCUT2D eigenvalue weighted by molar-refractivity contribution is 7.80. The molecule has 2 aromatic rings. The minimum atomic E-state index is -4.45. The molecule has 0 N–H and O–H groups in total. The van der Waals surface area contributed by atoms with Crippen LogP contribution < -0.4 is 0 Å². The first kappa shape index (κ1) is 17.9. The van der Waals surface area contributed by atoms with Crippen LogP contribution in [0.4, 0.5) is 13.2 Å². The zero-order valence-electron chi connectivity index (χ0n) is 13.4. The number of carbonyl (C=O) groups is 1. The van der Waals surface area contributed by atoms with Crippen LogP contribution in [0.3, 0.4) is 0 Å². The fourth-order valence-electron chi connectivity index (χ4n) is 2.77. The quantitative estimate of drug-likeness (QED) is 0.744. The van der Waals surface area contributed by atoms with Gasteiger partial charge in [0.25, 0.3) is 0 Å². The summed E-state index contributed by atoms with van der Waals surface area (Å²) in [5.74, 6) is 1.09. The Labute approximate surface area is 149 Å². The molecule has 0 radical (unpaired) electrons. The number of thiol groups is 1. The molecular formula is C18H18F3NO2S. The van der Waals surface area contributed by atoms with Crippen LogP contribution in [-0.4, -0.2) is 22.6 Å². The number of alkyl halides is 3. The van der Waals surface area contributed by atoms with Crippen LogP contribution in [0.15, 0.2) is 40.8 Å². The predicted octanol–water partition coefficient (Wildman–Crippen LogP) is 4.78. The Bertz CT molecular complexity index is 753. The SMILES string of the molecule is O=C(CCS)N(Cc1ccc(-c2ccccc2C(F)(F)F)o1)C1CC1. The maximum atomic E-state index is 13.2. The van der Waals surface area contributed by atoms with Crippen molar-refractivity contribution in [2.45, 2.75) is 38.0 Å². The molecule has 0 unspecified atom stereocenters. The lowest BCUT2D eigenvalue weighted by molar-refractivity contribution is -0.137. The molecule has 1 heterocycles. The Balaban J connectivity index is 1.82. The fraction of sp³-hybridized carbons (Fsp3) is 0.389. The molecule has 0 aliphatic heterocycles. The molecule has 0 saturated heterocycles. The first-order valence-corrected chi connectivity index (χ1v) is 8.69. The number of nitrogens with zero attached hydrogens (tertiary/aromatic N) is 1. The molecule has 1 fully saturated rings. The van der Waals surface area contributed by atoms with Gasteiger partial charge in [-0.15, -0.1) is 0 Å². The smallest absolute Gasteiger partial charge is 0.417 e. The molecule has 0 bridgehead atoms. The summed E-state index contributed by atoms with van der Waals surface area (Å²) < 4.78 is 45.1. The van der Waals surface area contributed by atoms with E-state index in [0.717, 1.165) is 18.9 Å². The number of carbonyl (C=O) groups excluding carboxylic acids is 1. The monoisotopic (exact) mass is 369 g/mol. The number of rotatable bonds is 6. The van der Waals surface area contributed by atoms with Crippen LogP contribution in [0, 0.1) is 0 Å². The summed E-state index contributed by atoms with van der Waals surface area (Å²) >= 11 is 4.08. The second kappa shape index (κ2) is 7.15. The molecule has 7 heteroatoms. The van der Waals surface area contributed by atoms with E-state index >= 15 is 0 Å². The van der Waals surface area contributed by atoms with Crippen LogP contribution >= 0.6 is 12.6 Å². The summed E-state index contributed by atoms with van der Waals surface area (Å²) in [5, 5.41) is 0. The van der Waals surface area contributed by atoms with Gasteiger partial charge in [-0.1, -0.05) is 18.2 Å². The van der Waals surface area contributed by atoms with Gasteiger partial charge in [0.1, 0.15) is 11.5 Å². The predicted molar refractivity (Wildman–Crippen MR) is 91.2 cm³/mol. The number of halogens is 3. The zero-order valence-corrected chi connectivity index (χ0v) is 14.3. The molecule has 1 amide bonds. The maximum absolute atomic E-state index is 13.2. The van der Waals surface area contributed by atoms with Crippen molar-refractivity contribution in [1.29, 1.82) is 0 Å². The Morgan fingerprint density at radius 1 is 1.20 bits per heavy atom. The van der Waals surface area contributed by atoms with E-state index in [1.54, 1.807) is 17.0 Å². The van der Waals surface area contributed by atoms with Gasteiger partial charge in [0, 0.05) is 18.0 Å². The van der Waals surface area contributed by atoms with E-state index in [4.69, 9.17) is 4.42 Å². The van der Waals surface area contributed by atoms with Gasteiger partial charge >= 0.3 is 6.18 Å². The minimum Gasteiger partial charge on any atom is -0.459 e. The van der Waals surface area contributed by atoms with E-state index in [0.29, 0.717) is 17.9 Å². The van der Waals surface area contributed by atoms with E-state index < -0.39 is 11.7 Å². The molecule has 1 aromatic heterocycles. The van der Waals surface area contributed by atoms with Crippen molar-refractivity contribution in [2.24, 2.45) is 0 Å². The first-order chi connectivity index (χ1) is 11.9. The summed E-state index contributed by atoms with van der Waals surface area (Å²) in [4.78, 5) is 13.9. The Kier molecular flexibility index (Phi) is 5.13. The summed E-state index contributed by atoms with van der Waals surface area (Å²) in [6, 6.07) is 8.66. The summed E-state index contributed by atoms with van der Waals surface area (Å²) in [6.07, 6.45) is -2.22. The molecule has 134 valence electrons. The third-order valence-corrected chi connectivity index (χ3v) is 4.34. The first-order valence-electron chi connectivity index (χ1n) is 8.06. The van der Waals surface area contributed by atoms with Gasteiger partial charge in [-0.2, -0.15) is 25.8 Å². The van der Waals surface area contributed by atoms with Crippen LogP contribution in [0.2, 0.25) is 0 Å². The van der Waals surface area contributed by atoms with Gasteiger partial charge in [-0.25, -0.2) is 0 Å². The highest BCUT2D eigenvalue weighted by Crippen LogP contribution is 2.38. The highest BCUT2D eigenvalue weighted by Gasteiger charge is 2.35. The van der Waals surface area contributed by atoms with E-state index in [9.17, 15) is 18.0 Å². The van der Waals surface area contributed by atoms with Crippen molar-refractivity contribution in [3.63, 3.8) is 0 Å². The topological polar surface area (TPSA) is 33.5 Å². The largest absolute Gasteiger partial charge is 0.459 e. The fourth-order valence-corrected chi connectivity index (χ4v) is 2.96. The van der Waals surface area contributed by atoms with Crippen molar-refractivity contribution in [3.05, 3.63) is 47.7 Å². The number of furan rings is 1. The number of hydrogen-bond acceptors (Lipinski definition) is 3. The van der Waals surface area contributed by atoms with Crippen LogP contribution in [-0.2, 0) is 17.5 Å². The molecule has 3 rings (SSSR count).